The van der Waals surface area contributed by atoms with Gasteiger partial charge in [0.1, 0.15) is 12.6 Å². The zero-order valence-corrected chi connectivity index (χ0v) is 19.5. The van der Waals surface area contributed by atoms with E-state index in [1.54, 1.807) is 0 Å². The van der Waals surface area contributed by atoms with Crippen LogP contribution in [0.4, 0.5) is 0 Å². The van der Waals surface area contributed by atoms with Crippen LogP contribution in [0.5, 0.6) is 0 Å². The van der Waals surface area contributed by atoms with E-state index in [2.05, 4.69) is 5.32 Å². The molecule has 0 saturated heterocycles. The second kappa shape index (κ2) is 12.8. The van der Waals surface area contributed by atoms with Crippen molar-refractivity contribution >= 4 is 38.0 Å². The second-order valence-corrected chi connectivity index (χ2v) is 7.50. The first-order valence-electron chi connectivity index (χ1n) is 9.51. The minimum absolute atomic E-state index is 0.575. The van der Waals surface area contributed by atoms with Crippen LogP contribution in [0.1, 0.15) is 34.6 Å². The van der Waals surface area contributed by atoms with Crippen molar-refractivity contribution in [1.82, 2.24) is 5.32 Å². The fourth-order valence-corrected chi connectivity index (χ4v) is 3.23. The molecule has 1 heterocycles. The van der Waals surface area contributed by atoms with Gasteiger partial charge in [-0.1, -0.05) is 0 Å². The minimum atomic E-state index is -3.59. The highest BCUT2D eigenvalue weighted by molar-refractivity contribution is 7.32. The van der Waals surface area contributed by atoms with Gasteiger partial charge in [-0.3, -0.25) is 24.0 Å². The molecule has 2 N–H and O–H groups in total. The van der Waals surface area contributed by atoms with Gasteiger partial charge in [0.15, 0.2) is 24.4 Å². The molecule has 6 atom stereocenters. The van der Waals surface area contributed by atoms with E-state index in [1.807, 2.05) is 0 Å². The average Bonchev–Trinajstić information content (AvgIpc) is 2.63. The lowest BCUT2D eigenvalue weighted by molar-refractivity contribution is -0.194. The Morgan fingerprint density at radius 1 is 1.03 bits per heavy atom. The number of hydrogen-bond acceptors (Lipinski definition) is 12. The van der Waals surface area contributed by atoms with E-state index in [0.29, 0.717) is 0 Å². The number of rotatable bonds is 10. The van der Waals surface area contributed by atoms with Crippen molar-refractivity contribution in [3.63, 3.8) is 0 Å². The maximum Gasteiger partial charge on any atom is 0.367 e. The fraction of sp³-hybridized carbons (Fsp3) is 0.611. The second-order valence-electron chi connectivity index (χ2n) is 6.76. The molecule has 1 aliphatic rings. The summed E-state index contributed by atoms with van der Waals surface area (Å²) in [5.41, 5.74) is 0. The normalized spacial score (nSPS) is 22.2. The summed E-state index contributed by atoms with van der Waals surface area (Å²) in [7, 11) is -3.59. The van der Waals surface area contributed by atoms with Crippen LogP contribution in [-0.2, 0) is 56.7 Å². The van der Waals surface area contributed by atoms with Crippen LogP contribution in [0, 0.1) is 0 Å². The number of amides is 1. The number of esters is 4. The van der Waals surface area contributed by atoms with E-state index in [4.69, 9.17) is 33.1 Å². The first-order valence-corrected chi connectivity index (χ1v) is 10.8. The zero-order valence-electron chi connectivity index (χ0n) is 18.5. The minimum Gasteiger partial charge on any atom is -0.462 e. The lowest BCUT2D eigenvalue weighted by Gasteiger charge is -2.41. The zero-order chi connectivity index (χ0) is 25.3. The van der Waals surface area contributed by atoms with Crippen molar-refractivity contribution < 1.29 is 61.6 Å². The smallest absolute Gasteiger partial charge is 0.367 e. The van der Waals surface area contributed by atoms with Crippen molar-refractivity contribution in [3.05, 3.63) is 12.0 Å². The molecule has 0 aromatic carbocycles. The van der Waals surface area contributed by atoms with Gasteiger partial charge < -0.3 is 38.4 Å². The van der Waals surface area contributed by atoms with Crippen LogP contribution in [0.3, 0.4) is 0 Å². The quantitative estimate of drug-likeness (QED) is 0.224. The molecule has 0 aromatic heterocycles. The first kappa shape index (κ1) is 27.9. The van der Waals surface area contributed by atoms with Gasteiger partial charge in [0, 0.05) is 40.7 Å². The molecule has 0 spiro atoms. The SMILES string of the molecule is CC(=O)NC1C(OC(C)=O)C=C(O[PH](=O)O)OC1C(OC(C)=O)C(COC(C)=O)OC(C)=O. The molecule has 0 radical (unpaired) electrons. The molecule has 15 heteroatoms. The van der Waals surface area contributed by atoms with Crippen LogP contribution in [0.25, 0.3) is 0 Å². The Labute approximate surface area is 189 Å². The Morgan fingerprint density at radius 2 is 1.64 bits per heavy atom. The predicted molar refractivity (Wildman–Crippen MR) is 106 cm³/mol. The predicted octanol–water partition coefficient (Wildman–Crippen LogP) is -0.512. The maximum absolute atomic E-state index is 11.8. The summed E-state index contributed by atoms with van der Waals surface area (Å²) in [4.78, 5) is 67.4. The lowest BCUT2D eigenvalue weighted by atomic mass is 9.94. The third-order valence-electron chi connectivity index (χ3n) is 3.88. The lowest BCUT2D eigenvalue weighted by Crippen LogP contribution is -2.61. The fourth-order valence-electron chi connectivity index (χ4n) is 2.94. The van der Waals surface area contributed by atoms with Crippen LogP contribution in [-0.4, -0.2) is 71.7 Å². The van der Waals surface area contributed by atoms with E-state index in [9.17, 15) is 28.5 Å². The van der Waals surface area contributed by atoms with Gasteiger partial charge in [-0.25, -0.2) is 4.57 Å². The molecule has 33 heavy (non-hydrogen) atoms. The van der Waals surface area contributed by atoms with Crippen molar-refractivity contribution in [3.8, 4) is 0 Å². The third kappa shape index (κ3) is 9.91. The summed E-state index contributed by atoms with van der Waals surface area (Å²) in [5, 5.41) is 2.47. The highest BCUT2D eigenvalue weighted by atomic mass is 31.1. The largest absolute Gasteiger partial charge is 0.462 e. The van der Waals surface area contributed by atoms with E-state index >= 15 is 0 Å². The van der Waals surface area contributed by atoms with Crippen molar-refractivity contribution in [2.75, 3.05) is 6.61 Å². The van der Waals surface area contributed by atoms with Gasteiger partial charge in [0.05, 0.1) is 0 Å². The maximum atomic E-state index is 11.8. The first-order chi connectivity index (χ1) is 15.3. The summed E-state index contributed by atoms with van der Waals surface area (Å²) in [5.74, 6) is -4.42. The van der Waals surface area contributed by atoms with Gasteiger partial charge in [0.2, 0.25) is 5.91 Å². The van der Waals surface area contributed by atoms with Gasteiger partial charge >= 0.3 is 32.1 Å². The number of carbonyl (C=O) groups is 5. The van der Waals surface area contributed by atoms with Crippen molar-refractivity contribution in [1.29, 1.82) is 0 Å². The summed E-state index contributed by atoms with van der Waals surface area (Å²) < 4.78 is 41.9. The average molecular weight is 495 g/mol. The van der Waals surface area contributed by atoms with Crippen molar-refractivity contribution in [2.24, 2.45) is 0 Å². The number of ether oxygens (including phenoxy) is 5. The molecule has 1 aliphatic heterocycles. The summed E-state index contributed by atoms with van der Waals surface area (Å²) >= 11 is 0. The molecule has 0 bridgehead atoms. The van der Waals surface area contributed by atoms with E-state index in [0.717, 1.165) is 40.7 Å². The molecular weight excluding hydrogens is 469 g/mol. The molecule has 14 nitrogen and oxygen atoms in total. The number of nitrogens with one attached hydrogen (secondary N) is 1. The van der Waals surface area contributed by atoms with Crippen LogP contribution >= 0.6 is 8.25 Å². The molecule has 1 amide bonds. The molecule has 1 rings (SSSR count). The Morgan fingerprint density at radius 3 is 2.09 bits per heavy atom. The standard InChI is InChI=1S/C18H26NO13P/c1-8(20)19-16-13(28-10(3)22)6-15(32-33(25)26)31-18(16)17(30-12(5)24)14(29-11(4)23)7-27-9(2)21/h6,13-14,16-18,33H,7H2,1-5H3,(H,19,20)(H,25,26). The molecule has 0 fully saturated rings. The Bertz CT molecular complexity index is 826. The molecule has 186 valence electrons. The van der Waals surface area contributed by atoms with Crippen LogP contribution in [0.2, 0.25) is 0 Å². The highest BCUT2D eigenvalue weighted by Crippen LogP contribution is 2.32. The summed E-state index contributed by atoms with van der Waals surface area (Å²) in [6.45, 7) is 4.81. The highest BCUT2D eigenvalue weighted by Gasteiger charge is 2.48. The van der Waals surface area contributed by atoms with E-state index in [-0.39, 0.29) is 0 Å². The van der Waals surface area contributed by atoms with E-state index in [1.165, 1.54) is 0 Å². The van der Waals surface area contributed by atoms with Gasteiger partial charge in [-0.15, -0.1) is 0 Å². The third-order valence-corrected chi connectivity index (χ3v) is 4.26. The van der Waals surface area contributed by atoms with Crippen molar-refractivity contribution in [2.45, 2.75) is 65.1 Å². The summed E-state index contributed by atoms with van der Waals surface area (Å²) in [6.07, 6.45) is -4.79. The molecule has 0 saturated carbocycles. The van der Waals surface area contributed by atoms with Gasteiger partial charge in [0.25, 0.3) is 5.95 Å². The van der Waals surface area contributed by atoms with E-state index < -0.39 is 81.0 Å². The number of hydrogen-bond donors (Lipinski definition) is 2. The van der Waals surface area contributed by atoms with Gasteiger partial charge in [-0.2, -0.15) is 0 Å². The van der Waals surface area contributed by atoms with Crippen LogP contribution in [0.15, 0.2) is 12.0 Å². The Balaban J connectivity index is 3.55. The van der Waals surface area contributed by atoms with Crippen LogP contribution < -0.4 is 5.32 Å². The molecule has 0 aromatic rings. The molecule has 6 unspecified atom stereocenters. The monoisotopic (exact) mass is 495 g/mol. The Hall–Kier alpha value is -3.12. The Kier molecular flexibility index (Phi) is 10.8. The molecule has 0 aliphatic carbocycles. The topological polar surface area (TPSA) is 190 Å². The number of carbonyl (C=O) groups excluding carboxylic acids is 5. The summed E-state index contributed by atoms with van der Waals surface area (Å²) in [6, 6.07) is -1.25. The molecular formula is C18H26NO13P. The van der Waals surface area contributed by atoms with Gasteiger partial charge in [-0.05, 0) is 0 Å².